The number of thioether (sulfide) groups is 1. The van der Waals surface area contributed by atoms with E-state index in [1.165, 1.54) is 0 Å². The van der Waals surface area contributed by atoms with Gasteiger partial charge >= 0.3 is 0 Å². The molecule has 2 N–H and O–H groups in total. The average molecular weight is 234 g/mol. The lowest BCUT2D eigenvalue weighted by atomic mass is 10.2. The second kappa shape index (κ2) is 5.07. The molecule has 0 saturated carbocycles. The van der Waals surface area contributed by atoms with Crippen LogP contribution in [0.1, 0.15) is 0 Å². The third kappa shape index (κ3) is 2.39. The van der Waals surface area contributed by atoms with Crippen molar-refractivity contribution in [1.29, 1.82) is 0 Å². The Hall–Kier alpha value is -1.42. The van der Waals surface area contributed by atoms with Crippen molar-refractivity contribution >= 4 is 28.4 Å². The highest BCUT2D eigenvalue weighted by Crippen LogP contribution is 2.12. The van der Waals surface area contributed by atoms with E-state index in [9.17, 15) is 4.79 Å². The van der Waals surface area contributed by atoms with E-state index in [2.05, 4.69) is 16.6 Å². The molecule has 16 heavy (non-hydrogen) atoms. The van der Waals surface area contributed by atoms with Crippen LogP contribution < -0.4 is 10.9 Å². The maximum Gasteiger partial charge on any atom is 0.257 e. The molecule has 0 aliphatic carbocycles. The number of aromatic amines is 1. The van der Waals surface area contributed by atoms with Gasteiger partial charge in [0.15, 0.2) is 0 Å². The summed E-state index contributed by atoms with van der Waals surface area (Å²) < 4.78 is 0. The second-order valence-electron chi connectivity index (χ2n) is 3.52. The quantitative estimate of drug-likeness (QED) is 0.798. The minimum atomic E-state index is -0.0373. The molecule has 1 heterocycles. The van der Waals surface area contributed by atoms with Crippen molar-refractivity contribution in [2.24, 2.45) is 0 Å². The molecule has 0 fully saturated rings. The lowest BCUT2D eigenvalue weighted by molar-refractivity contribution is 1.16. The number of fused-ring (bicyclic) bond motifs is 1. The summed E-state index contributed by atoms with van der Waals surface area (Å²) in [6.45, 7) is 0.857. The Morgan fingerprint density at radius 1 is 1.38 bits per heavy atom. The van der Waals surface area contributed by atoms with Gasteiger partial charge in [-0.3, -0.25) is 4.79 Å². The fraction of sp³-hybridized carbons (Fsp3) is 0.250. The maximum atomic E-state index is 11.7. The molecule has 0 spiro atoms. The summed E-state index contributed by atoms with van der Waals surface area (Å²) in [6, 6.07) is 9.56. The number of benzene rings is 1. The first-order chi connectivity index (χ1) is 7.81. The summed E-state index contributed by atoms with van der Waals surface area (Å²) in [5, 5.41) is 4.91. The molecule has 2 aromatic rings. The van der Waals surface area contributed by atoms with Crippen molar-refractivity contribution in [3.63, 3.8) is 0 Å². The lowest BCUT2D eigenvalue weighted by Gasteiger charge is -2.06. The molecule has 1 aromatic heterocycles. The molecule has 3 nitrogen and oxygen atoms in total. The highest BCUT2D eigenvalue weighted by molar-refractivity contribution is 7.98. The minimum absolute atomic E-state index is 0.0373. The molecule has 0 saturated heterocycles. The molecule has 0 atom stereocenters. The lowest BCUT2D eigenvalue weighted by Crippen LogP contribution is -2.12. The van der Waals surface area contributed by atoms with Gasteiger partial charge in [-0.25, -0.2) is 0 Å². The Morgan fingerprint density at radius 2 is 2.19 bits per heavy atom. The summed E-state index contributed by atoms with van der Waals surface area (Å²) >= 11 is 1.77. The molecule has 0 amide bonds. The number of nitrogens with one attached hydrogen (secondary N) is 2. The standard InChI is InChI=1S/C12H14N2OS/c1-16-7-6-13-11-8-9-4-2-3-5-10(9)12(15)14-11/h2-5,8H,6-7H2,1H3,(H2,13,14,15). The fourth-order valence-corrected chi connectivity index (χ4v) is 1.90. The van der Waals surface area contributed by atoms with Gasteiger partial charge in [-0.2, -0.15) is 11.8 Å². The number of aromatic nitrogens is 1. The summed E-state index contributed by atoms with van der Waals surface area (Å²) in [4.78, 5) is 14.6. The first kappa shape index (κ1) is 11.1. The van der Waals surface area contributed by atoms with E-state index < -0.39 is 0 Å². The number of anilines is 1. The van der Waals surface area contributed by atoms with E-state index in [1.54, 1.807) is 11.8 Å². The molecule has 0 bridgehead atoms. The normalized spacial score (nSPS) is 10.6. The van der Waals surface area contributed by atoms with Gasteiger partial charge in [0.1, 0.15) is 5.82 Å². The van der Waals surface area contributed by atoms with Crippen LogP contribution in [-0.2, 0) is 0 Å². The van der Waals surface area contributed by atoms with Gasteiger partial charge in [0.2, 0.25) is 0 Å². The molecule has 1 aromatic carbocycles. The van der Waals surface area contributed by atoms with E-state index >= 15 is 0 Å². The Balaban J connectivity index is 2.31. The number of hydrogen-bond acceptors (Lipinski definition) is 3. The van der Waals surface area contributed by atoms with E-state index in [0.29, 0.717) is 0 Å². The van der Waals surface area contributed by atoms with Crippen LogP contribution in [0.25, 0.3) is 10.8 Å². The Bertz CT molecular complexity index is 536. The SMILES string of the molecule is CSCCNc1cc2ccccc2c(=O)[nH]1. The molecule has 84 valence electrons. The molecule has 2 rings (SSSR count). The van der Waals surface area contributed by atoms with Crippen molar-refractivity contribution < 1.29 is 0 Å². The van der Waals surface area contributed by atoms with E-state index in [0.717, 1.165) is 28.9 Å². The highest BCUT2D eigenvalue weighted by atomic mass is 32.2. The van der Waals surface area contributed by atoms with E-state index in [-0.39, 0.29) is 5.56 Å². The molecule has 0 radical (unpaired) electrons. The summed E-state index contributed by atoms with van der Waals surface area (Å²) in [5.74, 6) is 1.81. The summed E-state index contributed by atoms with van der Waals surface area (Å²) in [6.07, 6.45) is 2.06. The summed E-state index contributed by atoms with van der Waals surface area (Å²) in [7, 11) is 0. The zero-order chi connectivity index (χ0) is 11.4. The number of H-pyrrole nitrogens is 1. The molecule has 0 aliphatic rings. The Morgan fingerprint density at radius 3 is 3.00 bits per heavy atom. The molecule has 0 aliphatic heterocycles. The van der Waals surface area contributed by atoms with Crippen molar-refractivity contribution in [2.75, 3.05) is 23.9 Å². The van der Waals surface area contributed by atoms with Crippen LogP contribution in [0.4, 0.5) is 5.82 Å². The van der Waals surface area contributed by atoms with Crippen LogP contribution in [0.5, 0.6) is 0 Å². The highest BCUT2D eigenvalue weighted by Gasteiger charge is 1.99. The Labute approximate surface area is 98.3 Å². The molecule has 4 heteroatoms. The second-order valence-corrected chi connectivity index (χ2v) is 4.50. The largest absolute Gasteiger partial charge is 0.371 e. The van der Waals surface area contributed by atoms with Gasteiger partial charge < -0.3 is 10.3 Å². The Kier molecular flexibility index (Phi) is 3.51. The van der Waals surface area contributed by atoms with Gasteiger partial charge in [0.25, 0.3) is 5.56 Å². The van der Waals surface area contributed by atoms with Crippen LogP contribution in [0.2, 0.25) is 0 Å². The first-order valence-corrected chi connectivity index (χ1v) is 6.55. The van der Waals surface area contributed by atoms with E-state index in [1.807, 2.05) is 30.3 Å². The van der Waals surface area contributed by atoms with Crippen LogP contribution in [-0.4, -0.2) is 23.5 Å². The number of pyridine rings is 1. The van der Waals surface area contributed by atoms with Crippen molar-refractivity contribution in [3.05, 3.63) is 40.7 Å². The number of hydrogen-bond donors (Lipinski definition) is 2. The van der Waals surface area contributed by atoms with Gasteiger partial charge in [-0.15, -0.1) is 0 Å². The minimum Gasteiger partial charge on any atom is -0.371 e. The van der Waals surface area contributed by atoms with Crippen molar-refractivity contribution in [3.8, 4) is 0 Å². The smallest absolute Gasteiger partial charge is 0.257 e. The third-order valence-corrected chi connectivity index (χ3v) is 2.99. The van der Waals surface area contributed by atoms with Crippen LogP contribution in [0.15, 0.2) is 35.1 Å². The predicted molar refractivity (Wildman–Crippen MR) is 71.4 cm³/mol. The van der Waals surface area contributed by atoms with Crippen LogP contribution in [0.3, 0.4) is 0 Å². The topological polar surface area (TPSA) is 44.9 Å². The summed E-state index contributed by atoms with van der Waals surface area (Å²) in [5.41, 5.74) is -0.0373. The monoisotopic (exact) mass is 234 g/mol. The van der Waals surface area contributed by atoms with Gasteiger partial charge in [-0.1, -0.05) is 18.2 Å². The zero-order valence-corrected chi connectivity index (χ0v) is 9.93. The van der Waals surface area contributed by atoms with Gasteiger partial charge in [0.05, 0.1) is 0 Å². The van der Waals surface area contributed by atoms with Crippen molar-refractivity contribution in [2.45, 2.75) is 0 Å². The van der Waals surface area contributed by atoms with Gasteiger partial charge in [0, 0.05) is 17.7 Å². The van der Waals surface area contributed by atoms with Gasteiger partial charge in [-0.05, 0) is 23.8 Å². The molecular weight excluding hydrogens is 220 g/mol. The molecule has 0 unspecified atom stereocenters. The zero-order valence-electron chi connectivity index (χ0n) is 9.12. The maximum absolute atomic E-state index is 11.7. The number of rotatable bonds is 4. The third-order valence-electron chi connectivity index (χ3n) is 2.38. The van der Waals surface area contributed by atoms with Crippen LogP contribution >= 0.6 is 11.8 Å². The predicted octanol–water partition coefficient (Wildman–Crippen LogP) is 2.30. The first-order valence-electron chi connectivity index (χ1n) is 5.16. The van der Waals surface area contributed by atoms with Crippen molar-refractivity contribution in [1.82, 2.24) is 4.98 Å². The molecular formula is C12H14N2OS. The van der Waals surface area contributed by atoms with E-state index in [4.69, 9.17) is 0 Å². The fourth-order valence-electron chi connectivity index (χ4n) is 1.59. The average Bonchev–Trinajstić information content (AvgIpc) is 2.30. The van der Waals surface area contributed by atoms with Crippen LogP contribution in [0, 0.1) is 0 Å².